The highest BCUT2D eigenvalue weighted by molar-refractivity contribution is 14.0. The summed E-state index contributed by atoms with van der Waals surface area (Å²) in [4.78, 5) is 6.87. The average molecular weight is 500 g/mol. The van der Waals surface area contributed by atoms with Crippen molar-refractivity contribution in [2.45, 2.75) is 69.8 Å². The Morgan fingerprint density at radius 3 is 2.85 bits per heavy atom. The quantitative estimate of drug-likeness (QED) is 0.332. The molecule has 1 saturated heterocycles. The number of aliphatic imine (C=N–C) groups is 1. The lowest BCUT2D eigenvalue weighted by Gasteiger charge is -2.38. The van der Waals surface area contributed by atoms with E-state index in [0.29, 0.717) is 23.4 Å². The van der Waals surface area contributed by atoms with Gasteiger partial charge in [0.25, 0.3) is 0 Å². The van der Waals surface area contributed by atoms with Crippen LogP contribution in [0.15, 0.2) is 4.99 Å². The molecule has 2 aliphatic rings. The summed E-state index contributed by atoms with van der Waals surface area (Å²) in [6.07, 6.45) is 4.36. The van der Waals surface area contributed by atoms with E-state index in [4.69, 9.17) is 4.74 Å². The standard InChI is InChI=1S/C18H36N4O2S.HI/c1-5-25(23)17-8-6-7-16(11-17)21-18(19-4)20-12-14(2)22-9-10-24-13-15(22)3;/h14-17H,5-13H2,1-4H3,(H2,19,20,21);1H. The molecule has 0 amide bonds. The highest BCUT2D eigenvalue weighted by Crippen LogP contribution is 2.23. The molecule has 1 saturated carbocycles. The van der Waals surface area contributed by atoms with E-state index in [9.17, 15) is 4.21 Å². The van der Waals surface area contributed by atoms with Crippen LogP contribution < -0.4 is 10.6 Å². The van der Waals surface area contributed by atoms with Gasteiger partial charge in [0.2, 0.25) is 0 Å². The Kier molecular flexibility index (Phi) is 11.6. The van der Waals surface area contributed by atoms with Crippen LogP contribution in [0.25, 0.3) is 0 Å². The number of morpholine rings is 1. The summed E-state index contributed by atoms with van der Waals surface area (Å²) in [6.45, 7) is 9.98. The molecule has 0 aromatic heterocycles. The summed E-state index contributed by atoms with van der Waals surface area (Å²) in [5, 5.41) is 7.35. The maximum absolute atomic E-state index is 12.1. The van der Waals surface area contributed by atoms with E-state index < -0.39 is 10.8 Å². The summed E-state index contributed by atoms with van der Waals surface area (Å²) < 4.78 is 17.6. The van der Waals surface area contributed by atoms with Crippen molar-refractivity contribution in [2.75, 3.05) is 39.1 Å². The molecule has 8 heteroatoms. The van der Waals surface area contributed by atoms with Crippen LogP contribution in [0.3, 0.4) is 0 Å². The summed E-state index contributed by atoms with van der Waals surface area (Å²) in [6, 6.07) is 1.27. The molecular weight excluding hydrogens is 463 g/mol. The summed E-state index contributed by atoms with van der Waals surface area (Å²) in [7, 11) is 1.13. The van der Waals surface area contributed by atoms with Crippen LogP contribution >= 0.6 is 24.0 Å². The lowest BCUT2D eigenvalue weighted by molar-refractivity contribution is -0.0174. The van der Waals surface area contributed by atoms with E-state index >= 15 is 0 Å². The minimum atomic E-state index is -0.688. The number of halogens is 1. The van der Waals surface area contributed by atoms with Crippen molar-refractivity contribution in [2.24, 2.45) is 4.99 Å². The van der Waals surface area contributed by atoms with Gasteiger partial charge in [-0.2, -0.15) is 0 Å². The third-order valence-corrected chi connectivity index (χ3v) is 7.14. The fourth-order valence-corrected chi connectivity index (χ4v) is 5.24. The van der Waals surface area contributed by atoms with Gasteiger partial charge in [0.15, 0.2) is 5.96 Å². The summed E-state index contributed by atoms with van der Waals surface area (Å²) in [5.41, 5.74) is 0. The van der Waals surface area contributed by atoms with Crippen molar-refractivity contribution < 1.29 is 8.95 Å². The number of nitrogens with one attached hydrogen (secondary N) is 2. The van der Waals surface area contributed by atoms with Crippen molar-refractivity contribution in [1.82, 2.24) is 15.5 Å². The highest BCUT2D eigenvalue weighted by Gasteiger charge is 2.27. The van der Waals surface area contributed by atoms with Crippen LogP contribution in [0, 0.1) is 0 Å². The average Bonchev–Trinajstić information content (AvgIpc) is 2.64. The Labute approximate surface area is 178 Å². The zero-order valence-electron chi connectivity index (χ0n) is 16.7. The number of hydrogen-bond donors (Lipinski definition) is 2. The van der Waals surface area contributed by atoms with Gasteiger partial charge in [0, 0.05) is 60.1 Å². The van der Waals surface area contributed by atoms with Gasteiger partial charge in [-0.3, -0.25) is 14.1 Å². The smallest absolute Gasteiger partial charge is 0.191 e. The van der Waals surface area contributed by atoms with Crippen LogP contribution in [0.2, 0.25) is 0 Å². The lowest BCUT2D eigenvalue weighted by Crippen LogP contribution is -2.54. The Balaban J connectivity index is 0.00000338. The van der Waals surface area contributed by atoms with Crippen molar-refractivity contribution >= 4 is 40.7 Å². The fraction of sp³-hybridized carbons (Fsp3) is 0.944. The number of ether oxygens (including phenoxy) is 1. The first kappa shape index (κ1) is 24.1. The minimum absolute atomic E-state index is 0. The van der Waals surface area contributed by atoms with Crippen LogP contribution in [0.1, 0.15) is 46.5 Å². The number of nitrogens with zero attached hydrogens (tertiary/aromatic N) is 2. The minimum Gasteiger partial charge on any atom is -0.379 e. The second kappa shape index (κ2) is 12.5. The Hall–Kier alpha value is 0.0700. The normalized spacial score (nSPS) is 30.2. The van der Waals surface area contributed by atoms with Gasteiger partial charge in [-0.15, -0.1) is 24.0 Å². The molecule has 0 bridgehead atoms. The molecule has 26 heavy (non-hydrogen) atoms. The van der Waals surface area contributed by atoms with Crippen LogP contribution in [-0.4, -0.2) is 77.5 Å². The predicted molar refractivity (Wildman–Crippen MR) is 121 cm³/mol. The van der Waals surface area contributed by atoms with E-state index in [1.165, 1.54) is 0 Å². The molecule has 1 aliphatic carbocycles. The molecule has 2 rings (SSSR count). The molecule has 2 fully saturated rings. The maximum atomic E-state index is 12.1. The van der Waals surface area contributed by atoms with Gasteiger partial charge in [-0.05, 0) is 33.1 Å². The van der Waals surface area contributed by atoms with Crippen LogP contribution in [-0.2, 0) is 15.5 Å². The first-order chi connectivity index (χ1) is 12.0. The van der Waals surface area contributed by atoms with Crippen molar-refractivity contribution in [3.8, 4) is 0 Å². The fourth-order valence-electron chi connectivity index (χ4n) is 3.89. The Morgan fingerprint density at radius 2 is 2.19 bits per heavy atom. The number of rotatable bonds is 6. The molecule has 154 valence electrons. The molecule has 0 aromatic rings. The molecule has 6 nitrogen and oxygen atoms in total. The molecule has 1 aliphatic heterocycles. The van der Waals surface area contributed by atoms with Crippen LogP contribution in [0.4, 0.5) is 0 Å². The molecule has 2 N–H and O–H groups in total. The SMILES string of the molecule is CCS(=O)C1CCCC(NC(=NC)NCC(C)N2CCOCC2C)C1.I. The molecule has 0 radical (unpaired) electrons. The second-order valence-corrected chi connectivity index (χ2v) is 9.27. The van der Waals surface area contributed by atoms with Gasteiger partial charge in [-0.1, -0.05) is 13.3 Å². The molecule has 5 atom stereocenters. The molecule has 0 aromatic carbocycles. The number of guanidine groups is 1. The summed E-state index contributed by atoms with van der Waals surface area (Å²) >= 11 is 0. The van der Waals surface area contributed by atoms with E-state index in [1.54, 1.807) is 0 Å². The van der Waals surface area contributed by atoms with Gasteiger partial charge in [0.05, 0.1) is 13.2 Å². The van der Waals surface area contributed by atoms with Gasteiger partial charge in [-0.25, -0.2) is 0 Å². The van der Waals surface area contributed by atoms with E-state index in [-0.39, 0.29) is 24.0 Å². The lowest BCUT2D eigenvalue weighted by atomic mass is 9.95. The van der Waals surface area contributed by atoms with Gasteiger partial charge in [0.1, 0.15) is 0 Å². The molecule has 5 unspecified atom stereocenters. The largest absolute Gasteiger partial charge is 0.379 e. The zero-order valence-corrected chi connectivity index (χ0v) is 19.8. The van der Waals surface area contributed by atoms with Crippen molar-refractivity contribution in [1.29, 1.82) is 0 Å². The first-order valence-electron chi connectivity index (χ1n) is 9.73. The monoisotopic (exact) mass is 500 g/mol. The zero-order chi connectivity index (χ0) is 18.2. The third kappa shape index (κ3) is 7.24. The Bertz CT molecular complexity index is 466. The van der Waals surface area contributed by atoms with Gasteiger partial charge >= 0.3 is 0 Å². The van der Waals surface area contributed by atoms with E-state index in [1.807, 2.05) is 14.0 Å². The highest BCUT2D eigenvalue weighted by atomic mass is 127. The maximum Gasteiger partial charge on any atom is 0.191 e. The first-order valence-corrected chi connectivity index (χ1v) is 11.1. The van der Waals surface area contributed by atoms with Gasteiger partial charge < -0.3 is 15.4 Å². The van der Waals surface area contributed by atoms with E-state index in [2.05, 4.69) is 34.4 Å². The van der Waals surface area contributed by atoms with Crippen molar-refractivity contribution in [3.63, 3.8) is 0 Å². The third-order valence-electron chi connectivity index (χ3n) is 5.40. The number of hydrogen-bond acceptors (Lipinski definition) is 4. The second-order valence-electron chi connectivity index (χ2n) is 7.26. The topological polar surface area (TPSA) is 66.0 Å². The van der Waals surface area contributed by atoms with E-state index in [0.717, 1.165) is 63.7 Å². The molecule has 1 heterocycles. The molecule has 0 spiro atoms. The predicted octanol–water partition coefficient (Wildman–Crippen LogP) is 1.96. The molecular formula is C18H37IN4O2S. The summed E-state index contributed by atoms with van der Waals surface area (Å²) in [5.74, 6) is 1.63. The van der Waals surface area contributed by atoms with Crippen LogP contribution in [0.5, 0.6) is 0 Å². The van der Waals surface area contributed by atoms with Crippen molar-refractivity contribution in [3.05, 3.63) is 0 Å². The Morgan fingerprint density at radius 1 is 1.42 bits per heavy atom.